The Morgan fingerprint density at radius 3 is 2.63 bits per heavy atom. The molecule has 1 amide bonds. The molecule has 0 aliphatic carbocycles. The molecular weight excluding hydrogens is 402 g/mol. The minimum atomic E-state index is 0. The summed E-state index contributed by atoms with van der Waals surface area (Å²) in [5.41, 5.74) is 3.34. The van der Waals surface area contributed by atoms with E-state index in [1.807, 2.05) is 49.4 Å². The molecule has 2 N–H and O–H groups in total. The molecule has 1 unspecified atom stereocenters. The van der Waals surface area contributed by atoms with Crippen molar-refractivity contribution in [1.82, 2.24) is 15.5 Å². The number of benzene rings is 2. The van der Waals surface area contributed by atoms with Crippen LogP contribution in [0.2, 0.25) is 0 Å². The molecule has 1 atom stereocenters. The minimum Gasteiger partial charge on any atom is -0.496 e. The second-order valence-electron chi connectivity index (χ2n) is 7.16. The molecule has 3 rings (SSSR count). The lowest BCUT2D eigenvalue weighted by atomic mass is 10.0. The van der Waals surface area contributed by atoms with Gasteiger partial charge in [0.15, 0.2) is 0 Å². The predicted molar refractivity (Wildman–Crippen MR) is 121 cm³/mol. The summed E-state index contributed by atoms with van der Waals surface area (Å²) in [6.45, 7) is 6.71. The molecule has 2 aromatic carbocycles. The average Bonchev–Trinajstić information content (AvgIpc) is 2.77. The van der Waals surface area contributed by atoms with Gasteiger partial charge < -0.3 is 20.1 Å². The second kappa shape index (κ2) is 12.5. The van der Waals surface area contributed by atoms with Crippen LogP contribution in [0.4, 0.5) is 0 Å². The molecule has 1 aliphatic rings. The van der Waals surface area contributed by atoms with E-state index in [0.29, 0.717) is 26.3 Å². The van der Waals surface area contributed by atoms with Gasteiger partial charge in [0.25, 0.3) is 0 Å². The summed E-state index contributed by atoms with van der Waals surface area (Å²) in [6, 6.07) is 16.3. The maximum Gasteiger partial charge on any atom is 0.234 e. The highest BCUT2D eigenvalue weighted by molar-refractivity contribution is 5.85. The van der Waals surface area contributed by atoms with Crippen LogP contribution in [0.15, 0.2) is 48.5 Å². The minimum absolute atomic E-state index is 0. The highest BCUT2D eigenvalue weighted by Crippen LogP contribution is 2.29. The number of hydrogen-bond acceptors (Lipinski definition) is 5. The highest BCUT2D eigenvalue weighted by atomic mass is 35.5. The van der Waals surface area contributed by atoms with E-state index in [-0.39, 0.29) is 24.4 Å². The van der Waals surface area contributed by atoms with Gasteiger partial charge in [0.05, 0.1) is 26.3 Å². The topological polar surface area (TPSA) is 62.8 Å². The Morgan fingerprint density at radius 2 is 1.90 bits per heavy atom. The largest absolute Gasteiger partial charge is 0.496 e. The Labute approximate surface area is 185 Å². The Bertz CT molecular complexity index is 786. The van der Waals surface area contributed by atoms with Crippen molar-refractivity contribution in [3.8, 4) is 5.75 Å². The van der Waals surface area contributed by atoms with Crippen molar-refractivity contribution >= 4 is 18.3 Å². The van der Waals surface area contributed by atoms with E-state index in [9.17, 15) is 4.79 Å². The first-order valence-corrected chi connectivity index (χ1v) is 10.2. The Morgan fingerprint density at radius 1 is 1.17 bits per heavy atom. The highest BCUT2D eigenvalue weighted by Gasteiger charge is 2.27. The van der Waals surface area contributed by atoms with E-state index < -0.39 is 0 Å². The van der Waals surface area contributed by atoms with Crippen molar-refractivity contribution in [2.24, 2.45) is 0 Å². The number of nitrogens with zero attached hydrogens (tertiary/aromatic N) is 1. The number of rotatable bonds is 9. The number of amides is 1. The molecule has 0 radical (unpaired) electrons. The quantitative estimate of drug-likeness (QED) is 0.636. The summed E-state index contributed by atoms with van der Waals surface area (Å²) in [5, 5.41) is 6.47. The van der Waals surface area contributed by atoms with Gasteiger partial charge in [0, 0.05) is 38.3 Å². The third-order valence-corrected chi connectivity index (χ3v) is 5.18. The van der Waals surface area contributed by atoms with Crippen LogP contribution >= 0.6 is 12.4 Å². The molecule has 1 aliphatic heterocycles. The monoisotopic (exact) mass is 433 g/mol. The molecular formula is C23H32ClN3O3. The molecule has 0 bridgehead atoms. The fourth-order valence-corrected chi connectivity index (χ4v) is 3.60. The second-order valence-corrected chi connectivity index (χ2v) is 7.16. The Balaban J connectivity index is 0.00000320. The number of halogens is 1. The van der Waals surface area contributed by atoms with E-state index in [4.69, 9.17) is 9.47 Å². The molecule has 7 heteroatoms. The van der Waals surface area contributed by atoms with E-state index in [2.05, 4.69) is 21.6 Å². The Hall–Kier alpha value is -2.12. The number of carbonyl (C=O) groups is 1. The normalized spacial score (nSPS) is 16.5. The van der Waals surface area contributed by atoms with Gasteiger partial charge >= 0.3 is 0 Å². The summed E-state index contributed by atoms with van der Waals surface area (Å²) < 4.78 is 10.9. The van der Waals surface area contributed by atoms with Crippen LogP contribution in [0.1, 0.15) is 29.7 Å². The van der Waals surface area contributed by atoms with Crippen LogP contribution in [-0.4, -0.2) is 50.7 Å². The smallest absolute Gasteiger partial charge is 0.234 e. The van der Waals surface area contributed by atoms with Crippen molar-refractivity contribution < 1.29 is 14.3 Å². The van der Waals surface area contributed by atoms with E-state index in [1.165, 1.54) is 0 Å². The third kappa shape index (κ3) is 6.71. The molecule has 1 heterocycles. The number of carbonyl (C=O) groups excluding carboxylic acids is 1. The van der Waals surface area contributed by atoms with Crippen molar-refractivity contribution in [1.29, 1.82) is 0 Å². The molecule has 0 aromatic heterocycles. The average molecular weight is 434 g/mol. The summed E-state index contributed by atoms with van der Waals surface area (Å²) in [4.78, 5) is 14.8. The van der Waals surface area contributed by atoms with Gasteiger partial charge in [0.1, 0.15) is 5.75 Å². The first kappa shape index (κ1) is 24.2. The first-order valence-electron chi connectivity index (χ1n) is 10.2. The lowest BCUT2D eigenvalue weighted by Gasteiger charge is -2.36. The fourth-order valence-electron chi connectivity index (χ4n) is 3.60. The van der Waals surface area contributed by atoms with Gasteiger partial charge in [-0.05, 0) is 24.1 Å². The predicted octanol–water partition coefficient (Wildman–Crippen LogP) is 2.92. The standard InChI is InChI=1S/C23H31N3O3.ClH/c1-3-29-17-19-10-8-18(9-11-19)14-25-23(27)16-26-13-12-24-15-21(26)20-6-4-5-7-22(20)28-2;/h4-11,21,24H,3,12-17H2,1-2H3,(H,25,27);1H. The van der Waals surface area contributed by atoms with E-state index in [0.717, 1.165) is 42.1 Å². The van der Waals surface area contributed by atoms with Crippen molar-refractivity contribution in [2.45, 2.75) is 26.1 Å². The van der Waals surface area contributed by atoms with E-state index >= 15 is 0 Å². The molecule has 0 spiro atoms. The van der Waals surface area contributed by atoms with Crippen LogP contribution in [0.25, 0.3) is 0 Å². The van der Waals surface area contributed by atoms with Gasteiger partial charge in [-0.15, -0.1) is 12.4 Å². The maximum absolute atomic E-state index is 12.6. The van der Waals surface area contributed by atoms with Gasteiger partial charge in [-0.25, -0.2) is 0 Å². The first-order chi connectivity index (χ1) is 14.2. The zero-order valence-corrected chi connectivity index (χ0v) is 18.5. The third-order valence-electron chi connectivity index (χ3n) is 5.18. The summed E-state index contributed by atoms with van der Waals surface area (Å²) in [7, 11) is 1.69. The van der Waals surface area contributed by atoms with Gasteiger partial charge in [-0.1, -0.05) is 42.5 Å². The summed E-state index contributed by atoms with van der Waals surface area (Å²) in [6.07, 6.45) is 0. The number of methoxy groups -OCH3 is 1. The summed E-state index contributed by atoms with van der Waals surface area (Å²) >= 11 is 0. The molecule has 1 fully saturated rings. The lowest BCUT2D eigenvalue weighted by molar-refractivity contribution is -0.123. The molecule has 164 valence electrons. The number of piperazine rings is 1. The van der Waals surface area contributed by atoms with Gasteiger partial charge in [0.2, 0.25) is 5.91 Å². The summed E-state index contributed by atoms with van der Waals surface area (Å²) in [5.74, 6) is 0.893. The maximum atomic E-state index is 12.6. The zero-order chi connectivity index (χ0) is 20.5. The number of para-hydroxylation sites is 1. The lowest BCUT2D eigenvalue weighted by Crippen LogP contribution is -2.49. The van der Waals surface area contributed by atoms with Crippen molar-refractivity contribution in [3.05, 3.63) is 65.2 Å². The van der Waals surface area contributed by atoms with Crippen LogP contribution in [0.5, 0.6) is 5.75 Å². The fraction of sp³-hybridized carbons (Fsp3) is 0.435. The van der Waals surface area contributed by atoms with Crippen LogP contribution < -0.4 is 15.4 Å². The van der Waals surface area contributed by atoms with Crippen LogP contribution in [0, 0.1) is 0 Å². The molecule has 1 saturated heterocycles. The number of ether oxygens (including phenoxy) is 2. The van der Waals surface area contributed by atoms with E-state index in [1.54, 1.807) is 7.11 Å². The van der Waals surface area contributed by atoms with Crippen LogP contribution in [0.3, 0.4) is 0 Å². The zero-order valence-electron chi connectivity index (χ0n) is 17.7. The number of hydrogen-bond donors (Lipinski definition) is 2. The van der Waals surface area contributed by atoms with Gasteiger partial charge in [-0.3, -0.25) is 9.69 Å². The molecule has 6 nitrogen and oxygen atoms in total. The molecule has 0 saturated carbocycles. The van der Waals surface area contributed by atoms with Crippen molar-refractivity contribution in [3.63, 3.8) is 0 Å². The van der Waals surface area contributed by atoms with Crippen molar-refractivity contribution in [2.75, 3.05) is 39.9 Å². The van der Waals surface area contributed by atoms with Gasteiger partial charge in [-0.2, -0.15) is 0 Å². The number of nitrogens with one attached hydrogen (secondary N) is 2. The Kier molecular flexibility index (Phi) is 10.1. The van der Waals surface area contributed by atoms with Crippen LogP contribution in [-0.2, 0) is 22.7 Å². The SMILES string of the molecule is CCOCc1ccc(CNC(=O)CN2CCNCC2c2ccccc2OC)cc1.Cl. The molecule has 30 heavy (non-hydrogen) atoms. The molecule has 2 aromatic rings.